The number of halogens is 1. The largest absolute Gasteiger partial charge is 0.489 e. The molecule has 0 aromatic heterocycles. The van der Waals surface area contributed by atoms with Crippen molar-refractivity contribution in [2.24, 2.45) is 5.10 Å². The molecular weight excluding hydrogens is 644 g/mol. The molecule has 3 N–H and O–H groups in total. The predicted octanol–water partition coefficient (Wildman–Crippen LogP) is 5.64. The van der Waals surface area contributed by atoms with Gasteiger partial charge in [0.15, 0.2) is 11.7 Å². The van der Waals surface area contributed by atoms with Gasteiger partial charge in [0.25, 0.3) is 5.91 Å². The first-order chi connectivity index (χ1) is 21.3. The monoisotopic (exact) mass is 676 g/mol. The Morgan fingerprint density at radius 3 is 2.61 bits per heavy atom. The zero-order valence-corrected chi connectivity index (χ0v) is 26.8. The van der Waals surface area contributed by atoms with E-state index in [4.69, 9.17) is 26.4 Å². The van der Waals surface area contributed by atoms with Gasteiger partial charge in [-0.2, -0.15) is 5.10 Å². The lowest BCUT2D eigenvalue weighted by Crippen LogP contribution is -2.45. The number of amides is 1. The van der Waals surface area contributed by atoms with E-state index in [1.165, 1.54) is 0 Å². The Balaban J connectivity index is 1.38. The lowest BCUT2D eigenvalue weighted by Gasteiger charge is -2.30. The fraction of sp³-hybridized carbons (Fsp3) is 0.212. The molecule has 0 radical (unpaired) electrons. The van der Waals surface area contributed by atoms with E-state index in [0.717, 1.165) is 26.9 Å². The average molecular weight is 678 g/mol. The van der Waals surface area contributed by atoms with Crippen LogP contribution in [0, 0.1) is 0 Å². The number of carbonyl (C=O) groups excluding carboxylic acids is 2. The molecule has 1 aliphatic rings. The van der Waals surface area contributed by atoms with Crippen molar-refractivity contribution < 1.29 is 23.8 Å². The fourth-order valence-corrected chi connectivity index (χ4v) is 5.02. The molecule has 9 nitrogen and oxygen atoms in total. The summed E-state index contributed by atoms with van der Waals surface area (Å²) in [6.45, 7) is 7.71. The quantitative estimate of drug-likeness (QED) is 0.0702. The molecule has 4 rings (SSSR count). The second kappa shape index (κ2) is 15.8. The van der Waals surface area contributed by atoms with Gasteiger partial charge < -0.3 is 24.8 Å². The van der Waals surface area contributed by atoms with E-state index >= 15 is 0 Å². The van der Waals surface area contributed by atoms with Gasteiger partial charge in [0.2, 0.25) is 0 Å². The highest BCUT2D eigenvalue weighted by Crippen LogP contribution is 2.33. The van der Waals surface area contributed by atoms with Crippen molar-refractivity contribution in [3.05, 3.63) is 117 Å². The number of nitrogens with one attached hydrogen (secondary N) is 3. The lowest BCUT2D eigenvalue weighted by atomic mass is 9.95. The van der Waals surface area contributed by atoms with E-state index in [2.05, 4.69) is 43.7 Å². The van der Waals surface area contributed by atoms with E-state index in [1.807, 2.05) is 48.5 Å². The predicted molar refractivity (Wildman–Crippen MR) is 177 cm³/mol. The summed E-state index contributed by atoms with van der Waals surface area (Å²) >= 11 is 8.77. The third kappa shape index (κ3) is 8.77. The van der Waals surface area contributed by atoms with E-state index in [0.29, 0.717) is 40.7 Å². The van der Waals surface area contributed by atoms with Crippen LogP contribution in [0.1, 0.15) is 42.1 Å². The average Bonchev–Trinajstić information content (AvgIpc) is 3.00. The number of thiocarbonyl (C=S) groups is 1. The molecule has 3 aromatic carbocycles. The molecule has 228 valence electrons. The number of benzene rings is 3. The number of ether oxygens (including phenoxy) is 3. The molecule has 0 unspecified atom stereocenters. The molecule has 0 fully saturated rings. The summed E-state index contributed by atoms with van der Waals surface area (Å²) in [5.41, 5.74) is 6.88. The summed E-state index contributed by atoms with van der Waals surface area (Å²) < 4.78 is 18.2. The third-order valence-corrected chi connectivity index (χ3v) is 7.26. The first kappa shape index (κ1) is 32.4. The van der Waals surface area contributed by atoms with Gasteiger partial charge >= 0.3 is 5.97 Å². The summed E-state index contributed by atoms with van der Waals surface area (Å²) in [4.78, 5) is 25.4. The molecule has 1 heterocycles. The van der Waals surface area contributed by atoms with Crippen LogP contribution < -0.4 is 25.5 Å². The van der Waals surface area contributed by atoms with Gasteiger partial charge in [-0.25, -0.2) is 10.2 Å². The van der Waals surface area contributed by atoms with Crippen molar-refractivity contribution in [3.8, 4) is 11.5 Å². The maximum atomic E-state index is 12.8. The minimum Gasteiger partial charge on any atom is -0.489 e. The molecule has 0 aliphatic carbocycles. The van der Waals surface area contributed by atoms with Crippen LogP contribution in [0.15, 0.2) is 100 Å². The van der Waals surface area contributed by atoms with Crippen molar-refractivity contribution in [2.45, 2.75) is 32.9 Å². The molecule has 44 heavy (non-hydrogen) atoms. The first-order valence-corrected chi connectivity index (χ1v) is 15.1. The minimum atomic E-state index is -0.619. The number of esters is 1. The number of hydrazone groups is 1. The smallest absolute Gasteiger partial charge is 0.338 e. The summed E-state index contributed by atoms with van der Waals surface area (Å²) in [6.07, 6.45) is 3.97. The molecule has 3 aromatic rings. The molecule has 0 saturated carbocycles. The minimum absolute atomic E-state index is 0.228. The second-order valence-electron chi connectivity index (χ2n) is 9.69. The molecule has 1 aliphatic heterocycles. The van der Waals surface area contributed by atoms with Crippen molar-refractivity contribution in [3.63, 3.8) is 0 Å². The van der Waals surface area contributed by atoms with E-state index in [9.17, 15) is 9.59 Å². The van der Waals surface area contributed by atoms with Gasteiger partial charge in [0.05, 0.1) is 24.4 Å². The number of hydrogen-bond acceptors (Lipinski definition) is 7. The van der Waals surface area contributed by atoms with E-state index < -0.39 is 17.9 Å². The van der Waals surface area contributed by atoms with Crippen LogP contribution in [0.2, 0.25) is 0 Å². The highest BCUT2D eigenvalue weighted by Gasteiger charge is 2.32. The Morgan fingerprint density at radius 2 is 1.86 bits per heavy atom. The number of para-hydroxylation sites is 1. The fourth-order valence-electron chi connectivity index (χ4n) is 4.49. The Bertz CT molecular complexity index is 1590. The van der Waals surface area contributed by atoms with Gasteiger partial charge in [-0.1, -0.05) is 52.3 Å². The Hall–Kier alpha value is -4.48. The van der Waals surface area contributed by atoms with Crippen LogP contribution in [0.25, 0.3) is 0 Å². The van der Waals surface area contributed by atoms with Gasteiger partial charge in [0.1, 0.15) is 18.1 Å². The number of carbonyl (C=O) groups is 2. The summed E-state index contributed by atoms with van der Waals surface area (Å²) in [5.74, 6) is 0.236. The van der Waals surface area contributed by atoms with Gasteiger partial charge in [0, 0.05) is 15.7 Å². The van der Waals surface area contributed by atoms with Crippen LogP contribution in [-0.4, -0.2) is 36.4 Å². The normalized spacial score (nSPS) is 14.4. The molecule has 11 heteroatoms. The molecule has 1 amide bonds. The molecule has 0 bridgehead atoms. The van der Waals surface area contributed by atoms with Crippen molar-refractivity contribution in [1.29, 1.82) is 0 Å². The van der Waals surface area contributed by atoms with Gasteiger partial charge in [-0.15, -0.1) is 6.58 Å². The Morgan fingerprint density at radius 1 is 1.09 bits per heavy atom. The zero-order chi connectivity index (χ0) is 31.5. The maximum Gasteiger partial charge on any atom is 0.338 e. The zero-order valence-electron chi connectivity index (χ0n) is 24.4. The summed E-state index contributed by atoms with van der Waals surface area (Å²) in [7, 11) is 0. The second-order valence-corrected chi connectivity index (χ2v) is 11.0. The Kier molecular flexibility index (Phi) is 11.7. The summed E-state index contributed by atoms with van der Waals surface area (Å²) in [6, 6.07) is 20.1. The van der Waals surface area contributed by atoms with Crippen molar-refractivity contribution in [1.82, 2.24) is 16.1 Å². The molecule has 1 atom stereocenters. The number of hydrogen-bond donors (Lipinski definition) is 3. The molecular formula is C33H33BrN4O5S. The van der Waals surface area contributed by atoms with Gasteiger partial charge in [-0.05, 0) is 85.6 Å². The number of rotatable bonds is 13. The van der Waals surface area contributed by atoms with Crippen LogP contribution in [0.5, 0.6) is 11.5 Å². The standard InChI is InChI=1S/C33H33BrN4O5S/c1-4-8-24-17-23(13-16-27(24)42-19-22-11-14-25(34)15-12-22)18-35-38-29(39)20-43-28-10-7-6-9-26(28)31-30(32(40)41-5-2)21(3)36-33(44)37-31/h4,6-7,9-18,31H,1,5,8,19-20H2,2-3H3,(H,38,39)(H2,36,37,44)/t31-/m1/s1. The maximum absolute atomic E-state index is 12.8. The van der Waals surface area contributed by atoms with Crippen LogP contribution in [0.4, 0.5) is 0 Å². The topological polar surface area (TPSA) is 110 Å². The first-order valence-electron chi connectivity index (χ1n) is 13.9. The van der Waals surface area contributed by atoms with Gasteiger partial charge in [-0.3, -0.25) is 4.79 Å². The number of nitrogens with zero attached hydrogens (tertiary/aromatic N) is 1. The van der Waals surface area contributed by atoms with Crippen LogP contribution in [0.3, 0.4) is 0 Å². The van der Waals surface area contributed by atoms with Crippen LogP contribution >= 0.6 is 28.1 Å². The highest BCUT2D eigenvalue weighted by molar-refractivity contribution is 9.10. The lowest BCUT2D eigenvalue weighted by molar-refractivity contribution is -0.139. The van der Waals surface area contributed by atoms with Crippen molar-refractivity contribution in [2.75, 3.05) is 13.2 Å². The molecule has 0 spiro atoms. The van der Waals surface area contributed by atoms with E-state index in [-0.39, 0.29) is 13.2 Å². The van der Waals surface area contributed by atoms with Crippen LogP contribution in [-0.2, 0) is 27.4 Å². The van der Waals surface area contributed by atoms with E-state index in [1.54, 1.807) is 44.3 Å². The van der Waals surface area contributed by atoms with Crippen molar-refractivity contribution >= 4 is 51.4 Å². The third-order valence-electron chi connectivity index (χ3n) is 6.51. The Labute approximate surface area is 270 Å². The number of allylic oxidation sites excluding steroid dienone is 2. The highest BCUT2D eigenvalue weighted by atomic mass is 79.9. The SMILES string of the molecule is C=CCc1cc(C=NNC(=O)COc2ccccc2[C@H]2NC(=S)NC(C)=C2C(=O)OCC)ccc1OCc1ccc(Br)cc1. The summed E-state index contributed by atoms with van der Waals surface area (Å²) in [5, 5.41) is 10.5. The molecule has 0 saturated heterocycles.